The third-order valence-corrected chi connectivity index (χ3v) is 5.05. The maximum absolute atomic E-state index is 13.2. The molecular formula is C20H16ClN3O3. The van der Waals surface area contributed by atoms with E-state index in [4.69, 9.17) is 11.6 Å². The summed E-state index contributed by atoms with van der Waals surface area (Å²) in [5.74, 6) is -2.07. The fourth-order valence-electron chi connectivity index (χ4n) is 3.46. The van der Waals surface area contributed by atoms with Crippen molar-refractivity contribution in [2.24, 2.45) is 11.0 Å². The fraction of sp³-hybridized carbons (Fsp3) is 0.200. The molecule has 2 aliphatic heterocycles. The molecule has 1 fully saturated rings. The first-order chi connectivity index (χ1) is 12.9. The van der Waals surface area contributed by atoms with Crippen LogP contribution in [-0.4, -0.2) is 29.4 Å². The number of anilines is 2. The van der Waals surface area contributed by atoms with Crippen LogP contribution in [0.4, 0.5) is 11.4 Å². The molecule has 2 aliphatic rings. The predicted molar refractivity (Wildman–Crippen MR) is 103 cm³/mol. The zero-order valence-electron chi connectivity index (χ0n) is 14.7. The molecule has 2 amide bonds. The summed E-state index contributed by atoms with van der Waals surface area (Å²) in [5, 5.41) is 6.30. The van der Waals surface area contributed by atoms with Gasteiger partial charge in [-0.15, -0.1) is 0 Å². The minimum absolute atomic E-state index is 0.0999. The number of imide groups is 1. The van der Waals surface area contributed by atoms with Gasteiger partial charge in [0.15, 0.2) is 5.78 Å². The highest BCUT2D eigenvalue weighted by Crippen LogP contribution is 2.38. The Balaban J connectivity index is 1.79. The van der Waals surface area contributed by atoms with Gasteiger partial charge >= 0.3 is 0 Å². The lowest BCUT2D eigenvalue weighted by molar-refractivity contribution is -0.122. The molecule has 2 aromatic rings. The average Bonchev–Trinajstić information content (AvgIpc) is 3.15. The standard InChI is InChI=1S/C20H16ClN3O3/c1-11-3-7-14(8-4-11)23-19(26)16-17(12(2)25)22-24(18(16)20(23)27)15-9-5-13(21)6-10-15/h3-10,16,18H,1-2H3/t16-,18+/m0/s1. The van der Waals surface area contributed by atoms with E-state index < -0.39 is 23.8 Å². The predicted octanol–water partition coefficient (Wildman–Crippen LogP) is 2.97. The second-order valence-electron chi connectivity index (χ2n) is 6.63. The molecule has 7 heteroatoms. The number of carbonyl (C=O) groups excluding carboxylic acids is 3. The van der Waals surface area contributed by atoms with Crippen LogP contribution < -0.4 is 9.91 Å². The summed E-state index contributed by atoms with van der Waals surface area (Å²) in [7, 11) is 0. The number of Topliss-reactive ketones (excluding diaryl/α,β-unsaturated/α-hetero) is 1. The van der Waals surface area contributed by atoms with E-state index in [0.29, 0.717) is 16.4 Å². The number of hydrogen-bond donors (Lipinski definition) is 0. The van der Waals surface area contributed by atoms with Crippen molar-refractivity contribution in [1.82, 2.24) is 0 Å². The summed E-state index contributed by atoms with van der Waals surface area (Å²) in [4.78, 5) is 39.5. The van der Waals surface area contributed by atoms with Gasteiger partial charge in [0.25, 0.3) is 5.91 Å². The van der Waals surface area contributed by atoms with E-state index in [1.165, 1.54) is 11.9 Å². The van der Waals surface area contributed by atoms with E-state index in [0.717, 1.165) is 10.5 Å². The largest absolute Gasteiger partial charge is 0.293 e. The first kappa shape index (κ1) is 17.4. The molecule has 1 saturated heterocycles. The van der Waals surface area contributed by atoms with Crippen LogP contribution in [0.1, 0.15) is 12.5 Å². The van der Waals surface area contributed by atoms with Gasteiger partial charge < -0.3 is 0 Å². The Hall–Kier alpha value is -2.99. The zero-order chi connectivity index (χ0) is 19.3. The highest BCUT2D eigenvalue weighted by atomic mass is 35.5. The molecular weight excluding hydrogens is 366 g/mol. The lowest BCUT2D eigenvalue weighted by Crippen LogP contribution is -2.39. The Morgan fingerprint density at radius 3 is 2.15 bits per heavy atom. The van der Waals surface area contributed by atoms with E-state index in [2.05, 4.69) is 5.10 Å². The number of benzene rings is 2. The van der Waals surface area contributed by atoms with E-state index in [1.54, 1.807) is 36.4 Å². The first-order valence-corrected chi connectivity index (χ1v) is 8.85. The number of rotatable bonds is 3. The fourth-order valence-corrected chi connectivity index (χ4v) is 3.59. The van der Waals surface area contributed by atoms with Gasteiger partial charge in [0.2, 0.25) is 5.91 Å². The van der Waals surface area contributed by atoms with E-state index in [9.17, 15) is 14.4 Å². The highest BCUT2D eigenvalue weighted by molar-refractivity contribution is 6.48. The summed E-state index contributed by atoms with van der Waals surface area (Å²) in [6.45, 7) is 3.28. The molecule has 6 nitrogen and oxygen atoms in total. The maximum atomic E-state index is 13.2. The Morgan fingerprint density at radius 2 is 1.56 bits per heavy atom. The SMILES string of the molecule is CC(=O)C1=NN(c2ccc(Cl)cc2)[C@H]2C(=O)N(c3ccc(C)cc3)C(=O)[C@@H]12. The molecule has 0 N–H and O–H groups in total. The highest BCUT2D eigenvalue weighted by Gasteiger charge is 2.58. The minimum atomic E-state index is -0.910. The number of hydrazone groups is 1. The summed E-state index contributed by atoms with van der Waals surface area (Å²) >= 11 is 5.94. The molecule has 4 rings (SSSR count). The van der Waals surface area contributed by atoms with Crippen molar-refractivity contribution in [3.8, 4) is 0 Å². The smallest absolute Gasteiger partial charge is 0.259 e. The molecule has 27 heavy (non-hydrogen) atoms. The van der Waals surface area contributed by atoms with Crippen LogP contribution in [0.25, 0.3) is 0 Å². The Labute approximate surface area is 161 Å². The number of hydrogen-bond acceptors (Lipinski definition) is 5. The number of ketones is 1. The molecule has 0 spiro atoms. The molecule has 136 valence electrons. The van der Waals surface area contributed by atoms with Crippen molar-refractivity contribution >= 4 is 46.3 Å². The quantitative estimate of drug-likeness (QED) is 0.766. The summed E-state index contributed by atoms with van der Waals surface area (Å²) in [6.07, 6.45) is 0. The van der Waals surface area contributed by atoms with Gasteiger partial charge in [-0.25, -0.2) is 4.90 Å². The Kier molecular flexibility index (Phi) is 4.08. The van der Waals surface area contributed by atoms with Gasteiger partial charge in [-0.3, -0.25) is 19.4 Å². The van der Waals surface area contributed by atoms with E-state index >= 15 is 0 Å². The Bertz CT molecular complexity index is 983. The van der Waals surface area contributed by atoms with Gasteiger partial charge in [0.1, 0.15) is 17.7 Å². The van der Waals surface area contributed by atoms with Crippen molar-refractivity contribution in [3.63, 3.8) is 0 Å². The second kappa shape index (κ2) is 6.32. The maximum Gasteiger partial charge on any atom is 0.259 e. The molecule has 0 unspecified atom stereocenters. The summed E-state index contributed by atoms with van der Waals surface area (Å²) in [6, 6.07) is 13.0. The summed E-state index contributed by atoms with van der Waals surface area (Å²) in [5.41, 5.74) is 2.20. The van der Waals surface area contributed by atoms with Crippen LogP contribution in [0.3, 0.4) is 0 Å². The number of nitrogens with zero attached hydrogens (tertiary/aromatic N) is 3. The number of amides is 2. The molecule has 2 aromatic carbocycles. The number of aryl methyl sites for hydroxylation is 1. The van der Waals surface area contributed by atoms with Crippen LogP contribution in [0.2, 0.25) is 5.02 Å². The van der Waals surface area contributed by atoms with Gasteiger partial charge in [-0.05, 0) is 43.3 Å². The van der Waals surface area contributed by atoms with Crippen LogP contribution >= 0.6 is 11.6 Å². The number of carbonyl (C=O) groups is 3. The molecule has 0 saturated carbocycles. The molecule has 0 aromatic heterocycles. The number of fused-ring (bicyclic) bond motifs is 1. The Morgan fingerprint density at radius 1 is 0.963 bits per heavy atom. The van der Waals surface area contributed by atoms with Gasteiger partial charge in [0, 0.05) is 11.9 Å². The monoisotopic (exact) mass is 381 g/mol. The van der Waals surface area contributed by atoms with Gasteiger partial charge in [0.05, 0.1) is 11.4 Å². The molecule has 0 aliphatic carbocycles. The van der Waals surface area contributed by atoms with Crippen molar-refractivity contribution in [2.45, 2.75) is 19.9 Å². The van der Waals surface area contributed by atoms with Crippen molar-refractivity contribution in [2.75, 3.05) is 9.91 Å². The van der Waals surface area contributed by atoms with Gasteiger partial charge in [-0.2, -0.15) is 5.10 Å². The van der Waals surface area contributed by atoms with Crippen LogP contribution in [0, 0.1) is 12.8 Å². The molecule has 2 atom stereocenters. The molecule has 0 bridgehead atoms. The van der Waals surface area contributed by atoms with Crippen molar-refractivity contribution in [1.29, 1.82) is 0 Å². The number of halogens is 1. The molecule has 0 radical (unpaired) electrons. The average molecular weight is 382 g/mol. The van der Waals surface area contributed by atoms with Crippen LogP contribution in [0.15, 0.2) is 53.6 Å². The van der Waals surface area contributed by atoms with Gasteiger partial charge in [-0.1, -0.05) is 29.3 Å². The third-order valence-electron chi connectivity index (χ3n) is 4.79. The third kappa shape index (κ3) is 2.73. The molecule has 2 heterocycles. The van der Waals surface area contributed by atoms with Crippen LogP contribution in [0.5, 0.6) is 0 Å². The minimum Gasteiger partial charge on any atom is -0.293 e. The van der Waals surface area contributed by atoms with E-state index in [1.807, 2.05) is 19.1 Å². The van der Waals surface area contributed by atoms with Crippen LogP contribution in [-0.2, 0) is 14.4 Å². The summed E-state index contributed by atoms with van der Waals surface area (Å²) < 4.78 is 0. The van der Waals surface area contributed by atoms with Crippen molar-refractivity contribution in [3.05, 3.63) is 59.1 Å². The van der Waals surface area contributed by atoms with E-state index in [-0.39, 0.29) is 11.5 Å². The lowest BCUT2D eigenvalue weighted by atomic mass is 9.95. The zero-order valence-corrected chi connectivity index (χ0v) is 15.5. The van der Waals surface area contributed by atoms with Crippen molar-refractivity contribution < 1.29 is 14.4 Å². The first-order valence-electron chi connectivity index (χ1n) is 8.47. The lowest BCUT2D eigenvalue weighted by Gasteiger charge is -2.22. The normalized spacial score (nSPS) is 21.5. The second-order valence-corrected chi connectivity index (χ2v) is 7.07. The topological polar surface area (TPSA) is 70.1 Å².